The van der Waals surface area contributed by atoms with Crippen LogP contribution in [0.5, 0.6) is 11.5 Å². The Kier molecular flexibility index (Phi) is 7.50. The van der Waals surface area contributed by atoms with E-state index in [0.717, 1.165) is 6.07 Å². The third-order valence-corrected chi connectivity index (χ3v) is 4.11. The summed E-state index contributed by atoms with van der Waals surface area (Å²) in [4.78, 5) is 14.7. The molecule has 0 spiro atoms. The minimum Gasteiger partial charge on any atom is -0.494 e. The zero-order valence-electron chi connectivity index (χ0n) is 16.9. The van der Waals surface area contributed by atoms with Gasteiger partial charge in [-0.1, -0.05) is 6.07 Å². The number of nitrogens with zero attached hydrogens (tertiary/aromatic N) is 1. The van der Waals surface area contributed by atoms with Crippen molar-refractivity contribution in [1.82, 2.24) is 4.90 Å². The molecule has 1 amide bonds. The number of benzene rings is 2. The van der Waals surface area contributed by atoms with E-state index in [4.69, 9.17) is 9.47 Å². The number of ether oxygens (including phenoxy) is 2. The van der Waals surface area contributed by atoms with Crippen LogP contribution in [0.4, 0.5) is 18.9 Å². The average Bonchev–Trinajstić information content (AvgIpc) is 2.62. The molecule has 0 aromatic heterocycles. The summed E-state index contributed by atoms with van der Waals surface area (Å²) in [5.74, 6) is 0.280. The van der Waals surface area contributed by atoms with Crippen molar-refractivity contribution >= 4 is 11.6 Å². The molecule has 1 N–H and O–H groups in total. The molecular weight excluding hydrogens is 385 g/mol. The summed E-state index contributed by atoms with van der Waals surface area (Å²) < 4.78 is 50.5. The molecule has 0 atom stereocenters. The number of hydrogen-bond donors (Lipinski definition) is 1. The predicted octanol–water partition coefficient (Wildman–Crippen LogP) is 4.61. The third-order valence-electron chi connectivity index (χ3n) is 4.11. The molecule has 2 rings (SSSR count). The SMILES string of the molecule is CCOc1ccc(C(=O)Nc2ccc(C)c(C(F)(F)F)c2)c(OCCN(C)C)c1. The van der Waals surface area contributed by atoms with E-state index in [1.165, 1.54) is 25.1 Å². The van der Waals surface area contributed by atoms with Gasteiger partial charge in [0, 0.05) is 18.3 Å². The molecule has 0 aliphatic rings. The number of likely N-dealkylation sites (N-methyl/N-ethyl adjacent to an activating group) is 1. The van der Waals surface area contributed by atoms with Crippen LogP contribution < -0.4 is 14.8 Å². The third kappa shape index (κ3) is 6.39. The maximum Gasteiger partial charge on any atom is 0.416 e. The van der Waals surface area contributed by atoms with Crippen molar-refractivity contribution in [2.45, 2.75) is 20.0 Å². The molecule has 8 heteroatoms. The molecule has 158 valence electrons. The van der Waals surface area contributed by atoms with Gasteiger partial charge in [0.05, 0.1) is 17.7 Å². The monoisotopic (exact) mass is 410 g/mol. The van der Waals surface area contributed by atoms with Crippen LogP contribution >= 0.6 is 0 Å². The first-order valence-electron chi connectivity index (χ1n) is 9.15. The minimum atomic E-state index is -4.50. The fraction of sp³-hybridized carbons (Fsp3) is 0.381. The van der Waals surface area contributed by atoms with Crippen molar-refractivity contribution < 1.29 is 27.4 Å². The van der Waals surface area contributed by atoms with Crippen LogP contribution in [0.3, 0.4) is 0 Å². The molecule has 0 unspecified atom stereocenters. The van der Waals surface area contributed by atoms with E-state index in [-0.39, 0.29) is 16.8 Å². The van der Waals surface area contributed by atoms with Crippen LogP contribution in [0.25, 0.3) is 0 Å². The summed E-state index contributed by atoms with van der Waals surface area (Å²) >= 11 is 0. The van der Waals surface area contributed by atoms with Crippen LogP contribution in [-0.2, 0) is 6.18 Å². The molecule has 0 saturated carbocycles. The Labute approximate surface area is 168 Å². The fourth-order valence-electron chi connectivity index (χ4n) is 2.61. The second-order valence-corrected chi connectivity index (χ2v) is 6.72. The Bertz CT molecular complexity index is 852. The summed E-state index contributed by atoms with van der Waals surface area (Å²) in [7, 11) is 3.78. The number of aryl methyl sites for hydroxylation is 1. The Morgan fingerprint density at radius 2 is 1.83 bits per heavy atom. The molecule has 2 aromatic carbocycles. The summed E-state index contributed by atoms with van der Waals surface area (Å²) in [5, 5.41) is 2.52. The van der Waals surface area contributed by atoms with Gasteiger partial charge in [0.25, 0.3) is 5.91 Å². The van der Waals surface area contributed by atoms with Crippen LogP contribution in [0.2, 0.25) is 0 Å². The Hall–Kier alpha value is -2.74. The largest absolute Gasteiger partial charge is 0.494 e. The zero-order valence-corrected chi connectivity index (χ0v) is 16.9. The van der Waals surface area contributed by atoms with E-state index >= 15 is 0 Å². The second-order valence-electron chi connectivity index (χ2n) is 6.72. The van der Waals surface area contributed by atoms with Crippen LogP contribution in [0, 0.1) is 6.92 Å². The van der Waals surface area contributed by atoms with E-state index in [1.54, 1.807) is 12.1 Å². The van der Waals surface area contributed by atoms with Gasteiger partial charge in [-0.2, -0.15) is 13.2 Å². The first-order valence-corrected chi connectivity index (χ1v) is 9.15. The molecule has 0 aliphatic heterocycles. The number of amides is 1. The number of halogens is 3. The number of carbonyl (C=O) groups excluding carboxylic acids is 1. The van der Waals surface area contributed by atoms with Crippen LogP contribution in [0.15, 0.2) is 36.4 Å². The standard InChI is InChI=1S/C21H25F3N2O3/c1-5-28-16-8-9-17(19(13-16)29-11-10-26(3)4)20(27)25-15-7-6-14(2)18(12-15)21(22,23)24/h6-9,12-13H,5,10-11H2,1-4H3,(H,25,27). The van der Waals surface area contributed by atoms with Crippen LogP contribution in [0.1, 0.15) is 28.4 Å². The van der Waals surface area contributed by atoms with Gasteiger partial charge in [-0.05, 0) is 57.8 Å². The Morgan fingerprint density at radius 1 is 1.10 bits per heavy atom. The van der Waals surface area contributed by atoms with Crippen molar-refractivity contribution in [3.63, 3.8) is 0 Å². The van der Waals surface area contributed by atoms with Crippen molar-refractivity contribution in [3.05, 3.63) is 53.1 Å². The number of nitrogens with one attached hydrogen (secondary N) is 1. The highest BCUT2D eigenvalue weighted by atomic mass is 19.4. The molecule has 0 heterocycles. The smallest absolute Gasteiger partial charge is 0.416 e. The molecule has 0 fully saturated rings. The lowest BCUT2D eigenvalue weighted by atomic mass is 10.1. The summed E-state index contributed by atoms with van der Waals surface area (Å²) in [5.41, 5.74) is -0.434. The van der Waals surface area contributed by atoms with Gasteiger partial charge in [-0.15, -0.1) is 0 Å². The highest BCUT2D eigenvalue weighted by Crippen LogP contribution is 2.34. The lowest BCUT2D eigenvalue weighted by Gasteiger charge is -2.16. The predicted molar refractivity (Wildman–Crippen MR) is 106 cm³/mol. The quantitative estimate of drug-likeness (QED) is 0.691. The zero-order chi connectivity index (χ0) is 21.6. The van der Waals surface area contributed by atoms with Crippen LogP contribution in [-0.4, -0.2) is 44.7 Å². The van der Waals surface area contributed by atoms with Gasteiger partial charge < -0.3 is 19.7 Å². The Morgan fingerprint density at radius 3 is 2.45 bits per heavy atom. The molecule has 0 saturated heterocycles. The lowest BCUT2D eigenvalue weighted by molar-refractivity contribution is -0.138. The molecule has 29 heavy (non-hydrogen) atoms. The van der Waals surface area contributed by atoms with E-state index in [1.807, 2.05) is 25.9 Å². The van der Waals surface area contributed by atoms with E-state index in [2.05, 4.69) is 5.32 Å². The van der Waals surface area contributed by atoms with E-state index in [0.29, 0.717) is 31.3 Å². The number of anilines is 1. The maximum atomic E-state index is 13.1. The summed E-state index contributed by atoms with van der Waals surface area (Å²) in [6.45, 7) is 4.63. The first-order chi connectivity index (χ1) is 13.6. The van der Waals surface area contributed by atoms with Gasteiger partial charge >= 0.3 is 6.18 Å². The molecule has 0 radical (unpaired) electrons. The van der Waals surface area contributed by atoms with Crippen molar-refractivity contribution in [2.75, 3.05) is 39.2 Å². The highest BCUT2D eigenvalue weighted by molar-refractivity contribution is 6.06. The molecule has 2 aromatic rings. The molecule has 0 aliphatic carbocycles. The first kappa shape index (κ1) is 22.5. The van der Waals surface area contributed by atoms with E-state index < -0.39 is 17.6 Å². The topological polar surface area (TPSA) is 50.8 Å². The fourth-order valence-corrected chi connectivity index (χ4v) is 2.61. The van der Waals surface area contributed by atoms with Gasteiger partial charge in [0.1, 0.15) is 18.1 Å². The summed E-state index contributed by atoms with van der Waals surface area (Å²) in [6.07, 6.45) is -4.50. The lowest BCUT2D eigenvalue weighted by Crippen LogP contribution is -2.21. The normalized spacial score (nSPS) is 11.4. The van der Waals surface area contributed by atoms with Gasteiger partial charge in [0.15, 0.2) is 0 Å². The number of hydrogen-bond acceptors (Lipinski definition) is 4. The van der Waals surface area contributed by atoms with Gasteiger partial charge in [0.2, 0.25) is 0 Å². The number of carbonyl (C=O) groups is 1. The molecule has 5 nitrogen and oxygen atoms in total. The number of alkyl halides is 3. The van der Waals surface area contributed by atoms with E-state index in [9.17, 15) is 18.0 Å². The minimum absolute atomic E-state index is 0.0565. The maximum absolute atomic E-state index is 13.1. The summed E-state index contributed by atoms with van der Waals surface area (Å²) in [6, 6.07) is 8.44. The average molecular weight is 410 g/mol. The van der Waals surface area contributed by atoms with Gasteiger partial charge in [-0.3, -0.25) is 4.79 Å². The second kappa shape index (κ2) is 9.65. The van der Waals surface area contributed by atoms with Crippen molar-refractivity contribution in [2.24, 2.45) is 0 Å². The highest BCUT2D eigenvalue weighted by Gasteiger charge is 2.32. The van der Waals surface area contributed by atoms with Gasteiger partial charge in [-0.25, -0.2) is 0 Å². The Balaban J connectivity index is 2.27. The molecule has 0 bridgehead atoms. The number of rotatable bonds is 8. The molecular formula is C21H25F3N2O3. The van der Waals surface area contributed by atoms with Crippen molar-refractivity contribution in [3.8, 4) is 11.5 Å². The van der Waals surface area contributed by atoms with Crippen molar-refractivity contribution in [1.29, 1.82) is 0 Å².